The molecule has 0 radical (unpaired) electrons. The van der Waals surface area contributed by atoms with Crippen LogP contribution in [0.4, 0.5) is 0 Å². The van der Waals surface area contributed by atoms with Crippen molar-refractivity contribution in [1.82, 2.24) is 24.6 Å². The van der Waals surface area contributed by atoms with Crippen LogP contribution in [0.15, 0.2) is 18.2 Å². The number of hydrogen-bond donors (Lipinski definition) is 0. The Hall–Kier alpha value is -2.41. The van der Waals surface area contributed by atoms with Gasteiger partial charge in [-0.15, -0.1) is 10.2 Å². The van der Waals surface area contributed by atoms with Crippen molar-refractivity contribution in [3.8, 4) is 5.75 Å². The Bertz CT molecular complexity index is 831. The fraction of sp³-hybridized carbons (Fsp3) is 0.526. The minimum absolute atomic E-state index is 0.0145. The number of benzene rings is 1. The van der Waals surface area contributed by atoms with Gasteiger partial charge >= 0.3 is 0 Å². The van der Waals surface area contributed by atoms with Gasteiger partial charge in [0, 0.05) is 13.1 Å². The van der Waals surface area contributed by atoms with E-state index in [2.05, 4.69) is 26.7 Å². The lowest BCUT2D eigenvalue weighted by atomic mass is 10.1. The molecule has 1 aromatic heterocycles. The number of aryl methyl sites for hydroxylation is 1. The topological polar surface area (TPSA) is 63.5 Å². The molecule has 1 aromatic carbocycles. The summed E-state index contributed by atoms with van der Waals surface area (Å²) in [5, 5.41) is 8.84. The first-order chi connectivity index (χ1) is 12.6. The minimum atomic E-state index is -0.0145. The zero-order valence-electron chi connectivity index (χ0n) is 15.6. The van der Waals surface area contributed by atoms with Crippen LogP contribution < -0.4 is 4.74 Å². The zero-order chi connectivity index (χ0) is 18.3. The third-order valence-corrected chi connectivity index (χ3v) is 5.53. The number of aromatic nitrogens is 3. The smallest absolute Gasteiger partial charge is 0.258 e. The highest BCUT2D eigenvalue weighted by Gasteiger charge is 2.32. The van der Waals surface area contributed by atoms with E-state index in [1.807, 2.05) is 30.0 Å². The van der Waals surface area contributed by atoms with Crippen LogP contribution in [0.3, 0.4) is 0 Å². The van der Waals surface area contributed by atoms with E-state index in [4.69, 9.17) is 4.74 Å². The number of carbonyl (C=O) groups is 1. The molecule has 1 saturated heterocycles. The van der Waals surface area contributed by atoms with Gasteiger partial charge in [-0.3, -0.25) is 9.69 Å². The van der Waals surface area contributed by atoms with E-state index in [9.17, 15) is 4.79 Å². The Balaban J connectivity index is 1.57. The first-order valence-electron chi connectivity index (χ1n) is 9.15. The van der Waals surface area contributed by atoms with Gasteiger partial charge in [0.1, 0.15) is 5.75 Å². The fourth-order valence-electron chi connectivity index (χ4n) is 4.10. The quantitative estimate of drug-likeness (QED) is 0.843. The summed E-state index contributed by atoms with van der Waals surface area (Å²) < 4.78 is 7.65. The van der Waals surface area contributed by atoms with Crippen LogP contribution in [-0.2, 0) is 13.1 Å². The molecule has 0 N–H and O–H groups in total. The number of nitrogens with zero attached hydrogens (tertiary/aromatic N) is 5. The van der Waals surface area contributed by atoms with Crippen LogP contribution in [0, 0.1) is 6.92 Å². The molecule has 2 aliphatic rings. The molecule has 0 aliphatic carbocycles. The van der Waals surface area contributed by atoms with E-state index < -0.39 is 0 Å². The molecule has 0 spiro atoms. The molecule has 138 valence electrons. The number of hydrogen-bond acceptors (Lipinski definition) is 5. The molecule has 0 unspecified atom stereocenters. The van der Waals surface area contributed by atoms with Crippen molar-refractivity contribution in [3.63, 3.8) is 0 Å². The number of fused-ring (bicyclic) bond motifs is 1. The SMILES string of the molecule is COc1c(C)cccc1C(=O)N1CCn2c(nnc2[C@@H]2CCCN2C)C1. The van der Waals surface area contributed by atoms with Gasteiger partial charge in [-0.2, -0.15) is 0 Å². The van der Waals surface area contributed by atoms with Crippen LogP contribution in [0.2, 0.25) is 0 Å². The van der Waals surface area contributed by atoms with Gasteiger partial charge in [-0.1, -0.05) is 12.1 Å². The summed E-state index contributed by atoms with van der Waals surface area (Å²) in [6.45, 7) is 4.93. The van der Waals surface area contributed by atoms with Crippen molar-refractivity contribution >= 4 is 5.91 Å². The highest BCUT2D eigenvalue weighted by atomic mass is 16.5. The number of rotatable bonds is 3. The van der Waals surface area contributed by atoms with Crippen LogP contribution >= 0.6 is 0 Å². The van der Waals surface area contributed by atoms with E-state index in [1.54, 1.807) is 7.11 Å². The van der Waals surface area contributed by atoms with Crippen LogP contribution in [-0.4, -0.2) is 57.7 Å². The third-order valence-electron chi connectivity index (χ3n) is 5.53. The fourth-order valence-corrected chi connectivity index (χ4v) is 4.10. The van der Waals surface area contributed by atoms with Crippen molar-refractivity contribution in [2.24, 2.45) is 0 Å². The van der Waals surface area contributed by atoms with Crippen molar-refractivity contribution in [3.05, 3.63) is 41.0 Å². The number of para-hydroxylation sites is 1. The molecule has 7 heteroatoms. The molecule has 1 fully saturated rings. The van der Waals surface area contributed by atoms with Crippen LogP contribution in [0.1, 0.15) is 46.5 Å². The number of likely N-dealkylation sites (tertiary alicyclic amines) is 1. The Kier molecular flexibility index (Phi) is 4.40. The maximum Gasteiger partial charge on any atom is 0.258 e. The number of amides is 1. The molecule has 4 rings (SSSR count). The lowest BCUT2D eigenvalue weighted by Gasteiger charge is -2.29. The van der Waals surface area contributed by atoms with E-state index in [0.29, 0.717) is 30.4 Å². The average Bonchev–Trinajstić information content (AvgIpc) is 3.25. The van der Waals surface area contributed by atoms with Gasteiger partial charge in [0.15, 0.2) is 11.6 Å². The monoisotopic (exact) mass is 355 g/mol. The van der Waals surface area contributed by atoms with E-state index in [-0.39, 0.29) is 5.91 Å². The van der Waals surface area contributed by atoms with Gasteiger partial charge in [-0.05, 0) is 45.0 Å². The van der Waals surface area contributed by atoms with Crippen LogP contribution in [0.25, 0.3) is 0 Å². The van der Waals surface area contributed by atoms with Gasteiger partial charge in [0.25, 0.3) is 5.91 Å². The third kappa shape index (κ3) is 2.76. The van der Waals surface area contributed by atoms with Gasteiger partial charge in [-0.25, -0.2) is 0 Å². The normalized spacial score (nSPS) is 20.3. The first kappa shape index (κ1) is 17.0. The molecule has 26 heavy (non-hydrogen) atoms. The molecule has 1 atom stereocenters. The zero-order valence-corrected chi connectivity index (χ0v) is 15.6. The highest BCUT2D eigenvalue weighted by Crippen LogP contribution is 2.31. The van der Waals surface area contributed by atoms with E-state index in [0.717, 1.165) is 36.7 Å². The summed E-state index contributed by atoms with van der Waals surface area (Å²) in [5.74, 6) is 2.55. The molecular formula is C19H25N5O2. The lowest BCUT2D eigenvalue weighted by Crippen LogP contribution is -2.39. The van der Waals surface area contributed by atoms with Crippen molar-refractivity contribution < 1.29 is 9.53 Å². The molecule has 0 saturated carbocycles. The number of carbonyl (C=O) groups excluding carboxylic acids is 1. The van der Waals surface area contributed by atoms with Crippen molar-refractivity contribution in [2.45, 2.75) is 38.9 Å². The molecule has 1 amide bonds. The van der Waals surface area contributed by atoms with Crippen molar-refractivity contribution in [2.75, 3.05) is 27.2 Å². The van der Waals surface area contributed by atoms with Gasteiger partial charge in [0.2, 0.25) is 0 Å². The minimum Gasteiger partial charge on any atom is -0.496 e. The van der Waals surface area contributed by atoms with E-state index in [1.165, 1.54) is 6.42 Å². The molecule has 7 nitrogen and oxygen atoms in total. The largest absolute Gasteiger partial charge is 0.496 e. The summed E-state index contributed by atoms with van der Waals surface area (Å²) in [5.41, 5.74) is 1.57. The second-order valence-corrected chi connectivity index (χ2v) is 7.15. The highest BCUT2D eigenvalue weighted by molar-refractivity contribution is 5.97. The number of methoxy groups -OCH3 is 1. The summed E-state index contributed by atoms with van der Waals surface area (Å²) in [4.78, 5) is 17.2. The standard InChI is InChI=1S/C19H25N5O2/c1-13-6-4-7-14(17(13)26-3)19(25)23-10-11-24-16(12-23)20-21-18(24)15-8-5-9-22(15)2/h4,6-7,15H,5,8-12H2,1-3H3/t15-/m0/s1. The second kappa shape index (κ2) is 6.72. The maximum absolute atomic E-state index is 13.0. The Morgan fingerprint density at radius 2 is 2.08 bits per heavy atom. The summed E-state index contributed by atoms with van der Waals surface area (Å²) >= 11 is 0. The Morgan fingerprint density at radius 3 is 2.81 bits per heavy atom. The summed E-state index contributed by atoms with van der Waals surface area (Å²) in [6.07, 6.45) is 2.32. The predicted molar refractivity (Wildman–Crippen MR) is 97.1 cm³/mol. The Labute approximate surface area is 153 Å². The molecule has 2 aliphatic heterocycles. The average molecular weight is 355 g/mol. The molecule has 3 heterocycles. The predicted octanol–water partition coefficient (Wildman–Crippen LogP) is 2.02. The molecule has 2 aromatic rings. The second-order valence-electron chi connectivity index (χ2n) is 7.15. The maximum atomic E-state index is 13.0. The van der Waals surface area contributed by atoms with Gasteiger partial charge in [0.05, 0.1) is 25.3 Å². The summed E-state index contributed by atoms with van der Waals surface area (Å²) in [6, 6.07) is 6.01. The molecular weight excluding hydrogens is 330 g/mol. The van der Waals surface area contributed by atoms with Crippen molar-refractivity contribution in [1.29, 1.82) is 0 Å². The summed E-state index contributed by atoms with van der Waals surface area (Å²) in [7, 11) is 3.75. The van der Waals surface area contributed by atoms with Gasteiger partial charge < -0.3 is 14.2 Å². The van der Waals surface area contributed by atoms with E-state index >= 15 is 0 Å². The first-order valence-corrected chi connectivity index (χ1v) is 9.15. The van der Waals surface area contributed by atoms with Crippen LogP contribution in [0.5, 0.6) is 5.75 Å². The Morgan fingerprint density at radius 1 is 1.23 bits per heavy atom. The molecule has 0 bridgehead atoms. The number of ether oxygens (including phenoxy) is 1. The lowest BCUT2D eigenvalue weighted by molar-refractivity contribution is 0.0701.